The Morgan fingerprint density at radius 1 is 1.27 bits per heavy atom. The summed E-state index contributed by atoms with van der Waals surface area (Å²) < 4.78 is 19.0. The van der Waals surface area contributed by atoms with Crippen molar-refractivity contribution in [3.8, 4) is 5.75 Å². The van der Waals surface area contributed by atoms with Crippen molar-refractivity contribution in [3.05, 3.63) is 70.4 Å². The van der Waals surface area contributed by atoms with Gasteiger partial charge in [-0.2, -0.15) is 4.99 Å². The highest BCUT2D eigenvalue weighted by Gasteiger charge is 2.22. The molecule has 7 heteroatoms. The number of nitrogens with one attached hydrogen (secondary N) is 1. The van der Waals surface area contributed by atoms with Crippen LogP contribution in [0.2, 0.25) is 0 Å². The van der Waals surface area contributed by atoms with E-state index in [2.05, 4.69) is 10.3 Å². The Labute approximate surface area is 154 Å². The third kappa shape index (κ3) is 4.58. The zero-order valence-corrected chi connectivity index (χ0v) is 14.7. The van der Waals surface area contributed by atoms with Gasteiger partial charge in [0.25, 0.3) is 5.91 Å². The third-order valence-electron chi connectivity index (χ3n) is 3.39. The largest absolute Gasteiger partial charge is 0.488 e. The van der Waals surface area contributed by atoms with Crippen LogP contribution in [0, 0.1) is 5.82 Å². The van der Waals surface area contributed by atoms with Crippen LogP contribution in [0.15, 0.2) is 58.4 Å². The maximum absolute atomic E-state index is 13.3. The van der Waals surface area contributed by atoms with E-state index in [9.17, 15) is 14.0 Å². The smallest absolute Gasteiger partial charge is 0.286 e. The van der Waals surface area contributed by atoms with E-state index >= 15 is 0 Å². The number of carbonyl (C=O) groups excluding carboxylic acids is 2. The van der Waals surface area contributed by atoms with Crippen molar-refractivity contribution in [1.82, 2.24) is 5.32 Å². The van der Waals surface area contributed by atoms with Gasteiger partial charge in [-0.25, -0.2) is 4.39 Å². The van der Waals surface area contributed by atoms with E-state index in [0.29, 0.717) is 21.8 Å². The molecule has 1 aliphatic heterocycles. The number of ether oxygens (including phenoxy) is 1. The number of amidine groups is 1. The fourth-order valence-electron chi connectivity index (χ4n) is 2.27. The Balaban J connectivity index is 1.75. The third-order valence-corrected chi connectivity index (χ3v) is 4.29. The number of aliphatic imine (C=N–C) groups is 1. The van der Waals surface area contributed by atoms with Gasteiger partial charge in [-0.05, 0) is 41.6 Å². The fourth-order valence-corrected chi connectivity index (χ4v) is 3.12. The van der Waals surface area contributed by atoms with E-state index in [1.54, 1.807) is 30.3 Å². The first-order valence-corrected chi connectivity index (χ1v) is 8.59. The number of benzene rings is 2. The standard InChI is InChI=1S/C19H15FN2O3S/c1-12(23)21-19-22-18(24)17(26-19)10-14-6-2-3-8-16(14)25-11-13-5-4-7-15(20)9-13/h2-10H,11H2,1H3,(H,21,22,23,24). The molecule has 0 unspecified atom stereocenters. The van der Waals surface area contributed by atoms with Crippen LogP contribution >= 0.6 is 11.8 Å². The molecule has 1 aliphatic rings. The second-order valence-electron chi connectivity index (χ2n) is 5.47. The number of halogens is 1. The summed E-state index contributed by atoms with van der Waals surface area (Å²) in [6, 6.07) is 13.4. The van der Waals surface area contributed by atoms with Crippen LogP contribution in [0.3, 0.4) is 0 Å². The molecule has 2 aromatic rings. The molecule has 26 heavy (non-hydrogen) atoms. The predicted octanol–water partition coefficient (Wildman–Crippen LogP) is 3.51. The van der Waals surface area contributed by atoms with Gasteiger partial charge in [0.2, 0.25) is 5.91 Å². The number of rotatable bonds is 4. The van der Waals surface area contributed by atoms with Crippen LogP contribution in [0.1, 0.15) is 18.1 Å². The Hall–Kier alpha value is -2.93. The first-order valence-electron chi connectivity index (χ1n) is 7.78. The van der Waals surface area contributed by atoms with Crippen molar-refractivity contribution in [2.24, 2.45) is 4.99 Å². The Bertz CT molecular complexity index is 925. The van der Waals surface area contributed by atoms with Crippen molar-refractivity contribution in [2.75, 3.05) is 0 Å². The van der Waals surface area contributed by atoms with Gasteiger partial charge in [-0.15, -0.1) is 0 Å². The molecule has 0 aromatic heterocycles. The van der Waals surface area contributed by atoms with Crippen LogP contribution in [0.25, 0.3) is 6.08 Å². The van der Waals surface area contributed by atoms with Crippen LogP contribution < -0.4 is 10.1 Å². The predicted molar refractivity (Wildman–Crippen MR) is 99.0 cm³/mol. The van der Waals surface area contributed by atoms with Gasteiger partial charge in [0, 0.05) is 12.5 Å². The summed E-state index contributed by atoms with van der Waals surface area (Å²) in [5.74, 6) is -0.467. The number of hydrogen-bond acceptors (Lipinski definition) is 4. The average Bonchev–Trinajstić information content (AvgIpc) is 2.92. The van der Waals surface area contributed by atoms with Crippen LogP contribution in [0.5, 0.6) is 5.75 Å². The van der Waals surface area contributed by atoms with Gasteiger partial charge in [-0.3, -0.25) is 9.59 Å². The highest BCUT2D eigenvalue weighted by atomic mass is 32.2. The van der Waals surface area contributed by atoms with Crippen molar-refractivity contribution in [2.45, 2.75) is 13.5 Å². The fraction of sp³-hybridized carbons (Fsp3) is 0.105. The molecular formula is C19H15FN2O3S. The molecule has 1 heterocycles. The van der Waals surface area contributed by atoms with Crippen molar-refractivity contribution >= 4 is 34.8 Å². The number of amides is 2. The van der Waals surface area contributed by atoms with Gasteiger partial charge in [-0.1, -0.05) is 30.3 Å². The number of nitrogens with zero attached hydrogens (tertiary/aromatic N) is 1. The van der Waals surface area contributed by atoms with Gasteiger partial charge >= 0.3 is 0 Å². The molecule has 1 N–H and O–H groups in total. The second-order valence-corrected chi connectivity index (χ2v) is 6.50. The van der Waals surface area contributed by atoms with E-state index in [4.69, 9.17) is 4.74 Å². The zero-order valence-electron chi connectivity index (χ0n) is 13.9. The summed E-state index contributed by atoms with van der Waals surface area (Å²) in [5, 5.41) is 2.76. The summed E-state index contributed by atoms with van der Waals surface area (Å²) in [6.45, 7) is 1.55. The van der Waals surface area contributed by atoms with E-state index < -0.39 is 5.91 Å². The molecule has 0 atom stereocenters. The molecular weight excluding hydrogens is 355 g/mol. The highest BCUT2D eigenvalue weighted by Crippen LogP contribution is 2.30. The van der Waals surface area contributed by atoms with Crippen LogP contribution in [-0.4, -0.2) is 17.0 Å². The van der Waals surface area contributed by atoms with E-state index in [1.165, 1.54) is 19.1 Å². The van der Waals surface area contributed by atoms with Gasteiger partial charge in [0.15, 0.2) is 5.17 Å². The maximum Gasteiger partial charge on any atom is 0.286 e. The van der Waals surface area contributed by atoms with Crippen LogP contribution in [-0.2, 0) is 16.2 Å². The summed E-state index contributed by atoms with van der Waals surface area (Å²) in [6.07, 6.45) is 1.66. The molecule has 132 valence electrons. The van der Waals surface area contributed by atoms with Gasteiger partial charge in [0.05, 0.1) is 4.91 Å². The van der Waals surface area contributed by atoms with Crippen molar-refractivity contribution < 1.29 is 18.7 Å². The van der Waals surface area contributed by atoms with Crippen LogP contribution in [0.4, 0.5) is 4.39 Å². The first-order chi connectivity index (χ1) is 12.5. The lowest BCUT2D eigenvalue weighted by Crippen LogP contribution is -2.23. The molecule has 5 nitrogen and oxygen atoms in total. The molecule has 3 rings (SSSR count). The van der Waals surface area contributed by atoms with Gasteiger partial charge in [0.1, 0.15) is 18.2 Å². The Morgan fingerprint density at radius 3 is 2.85 bits per heavy atom. The Kier molecular flexibility index (Phi) is 5.48. The SMILES string of the molecule is CC(=O)NC1=NC(=O)C(=Cc2ccccc2OCc2cccc(F)c2)S1. The minimum absolute atomic E-state index is 0.201. The molecule has 0 aliphatic carbocycles. The second kappa shape index (κ2) is 7.97. The molecule has 0 saturated heterocycles. The summed E-state index contributed by atoms with van der Waals surface area (Å²) in [4.78, 5) is 27.3. The number of thioether (sulfide) groups is 1. The molecule has 0 saturated carbocycles. The average molecular weight is 370 g/mol. The summed E-state index contributed by atoms with van der Waals surface area (Å²) in [5.41, 5.74) is 1.40. The number of hydrogen-bond donors (Lipinski definition) is 1. The lowest BCUT2D eigenvalue weighted by Gasteiger charge is -2.09. The Morgan fingerprint density at radius 2 is 2.08 bits per heavy atom. The van der Waals surface area contributed by atoms with E-state index in [1.807, 2.05) is 12.1 Å². The monoisotopic (exact) mass is 370 g/mol. The maximum atomic E-state index is 13.3. The highest BCUT2D eigenvalue weighted by molar-refractivity contribution is 8.18. The lowest BCUT2D eigenvalue weighted by atomic mass is 10.2. The minimum Gasteiger partial charge on any atom is -0.488 e. The minimum atomic E-state index is -0.418. The molecule has 2 amide bonds. The van der Waals surface area contributed by atoms with E-state index in [-0.39, 0.29) is 23.5 Å². The molecule has 0 fully saturated rings. The molecule has 0 radical (unpaired) electrons. The van der Waals surface area contributed by atoms with E-state index in [0.717, 1.165) is 11.8 Å². The summed E-state index contributed by atoms with van der Waals surface area (Å²) >= 11 is 1.09. The summed E-state index contributed by atoms with van der Waals surface area (Å²) in [7, 11) is 0. The number of carbonyl (C=O) groups is 2. The number of para-hydroxylation sites is 1. The molecule has 0 spiro atoms. The normalized spacial score (nSPS) is 15.1. The first kappa shape index (κ1) is 17.9. The molecule has 2 aromatic carbocycles. The quantitative estimate of drug-likeness (QED) is 0.837. The lowest BCUT2D eigenvalue weighted by molar-refractivity contribution is -0.117. The zero-order chi connectivity index (χ0) is 18.5. The van der Waals surface area contributed by atoms with Crippen molar-refractivity contribution in [1.29, 1.82) is 0 Å². The molecule has 0 bridgehead atoms. The van der Waals surface area contributed by atoms with Crippen molar-refractivity contribution in [3.63, 3.8) is 0 Å². The topological polar surface area (TPSA) is 67.8 Å². The van der Waals surface area contributed by atoms with Gasteiger partial charge < -0.3 is 10.1 Å².